The van der Waals surface area contributed by atoms with Crippen molar-refractivity contribution >= 4 is 22.8 Å². The zero-order valence-electron chi connectivity index (χ0n) is 11.5. The first-order valence-corrected chi connectivity index (χ1v) is 6.63. The van der Waals surface area contributed by atoms with Crippen LogP contribution in [0.1, 0.15) is 30.6 Å². The Labute approximate surface area is 117 Å². The lowest BCUT2D eigenvalue weighted by Gasteiger charge is -2.20. The summed E-state index contributed by atoms with van der Waals surface area (Å²) in [5, 5.41) is 12.7. The van der Waals surface area contributed by atoms with Crippen LogP contribution in [0.3, 0.4) is 0 Å². The van der Waals surface area contributed by atoms with Crippen LogP contribution in [0.2, 0.25) is 0 Å². The summed E-state index contributed by atoms with van der Waals surface area (Å²) in [5.41, 5.74) is 1.41. The van der Waals surface area contributed by atoms with Crippen LogP contribution in [0.4, 0.5) is 0 Å². The van der Waals surface area contributed by atoms with Crippen LogP contribution in [-0.2, 0) is 4.79 Å². The van der Waals surface area contributed by atoms with Gasteiger partial charge in [0.1, 0.15) is 6.04 Å². The van der Waals surface area contributed by atoms with Gasteiger partial charge in [0.05, 0.1) is 0 Å². The van der Waals surface area contributed by atoms with E-state index in [9.17, 15) is 14.7 Å². The summed E-state index contributed by atoms with van der Waals surface area (Å²) in [5.74, 6) is -1.48. The minimum atomic E-state index is -1.00. The van der Waals surface area contributed by atoms with E-state index < -0.39 is 12.0 Å². The van der Waals surface area contributed by atoms with Crippen LogP contribution >= 0.6 is 0 Å². The number of benzene rings is 1. The largest absolute Gasteiger partial charge is 0.480 e. The Morgan fingerprint density at radius 3 is 2.75 bits per heavy atom. The second-order valence-electron chi connectivity index (χ2n) is 4.95. The summed E-state index contributed by atoms with van der Waals surface area (Å²) < 4.78 is 0. The minimum absolute atomic E-state index is 0.118. The lowest BCUT2D eigenvalue weighted by Crippen LogP contribution is -2.45. The van der Waals surface area contributed by atoms with E-state index in [2.05, 4.69) is 10.3 Å². The van der Waals surface area contributed by atoms with Gasteiger partial charge in [-0.25, -0.2) is 4.79 Å². The molecule has 0 spiro atoms. The number of aliphatic carboxylic acids is 1. The van der Waals surface area contributed by atoms with Crippen molar-refractivity contribution in [1.82, 2.24) is 10.3 Å². The number of aromatic nitrogens is 1. The van der Waals surface area contributed by atoms with E-state index in [0.29, 0.717) is 12.0 Å². The highest BCUT2D eigenvalue weighted by Gasteiger charge is 2.25. The lowest BCUT2D eigenvalue weighted by molar-refractivity contribution is -0.140. The van der Waals surface area contributed by atoms with Gasteiger partial charge in [-0.2, -0.15) is 0 Å². The normalized spacial score (nSPS) is 13.9. The Kier molecular flexibility index (Phi) is 4.08. The fraction of sp³-hybridized carbons (Fsp3) is 0.333. The number of nitrogens with one attached hydrogen (secondary N) is 2. The molecule has 5 heteroatoms. The molecule has 0 bridgehead atoms. The van der Waals surface area contributed by atoms with Gasteiger partial charge in [-0.05, 0) is 30.2 Å². The number of carboxylic acid groups (broad SMARTS) is 1. The highest BCUT2D eigenvalue weighted by atomic mass is 16.4. The minimum Gasteiger partial charge on any atom is -0.480 e. The van der Waals surface area contributed by atoms with Gasteiger partial charge < -0.3 is 15.4 Å². The smallest absolute Gasteiger partial charge is 0.326 e. The van der Waals surface area contributed by atoms with Crippen LogP contribution in [0.5, 0.6) is 0 Å². The van der Waals surface area contributed by atoms with Crippen LogP contribution < -0.4 is 5.32 Å². The standard InChI is InChI=1S/C15H18N2O3/c1-3-9(2)13(15(19)20)17-14(18)11-4-5-12-10(8-11)6-7-16-12/h4-9,13,16H,3H2,1-2H3,(H,17,18)(H,19,20). The number of carbonyl (C=O) groups is 2. The number of hydrogen-bond donors (Lipinski definition) is 3. The molecule has 2 rings (SSSR count). The van der Waals surface area contributed by atoms with Gasteiger partial charge in [0.15, 0.2) is 0 Å². The summed E-state index contributed by atoms with van der Waals surface area (Å²) >= 11 is 0. The van der Waals surface area contributed by atoms with E-state index >= 15 is 0 Å². The number of rotatable bonds is 5. The summed E-state index contributed by atoms with van der Waals surface area (Å²) in [6.07, 6.45) is 2.49. The molecule has 0 saturated heterocycles. The van der Waals surface area contributed by atoms with Crippen molar-refractivity contribution in [1.29, 1.82) is 0 Å². The van der Waals surface area contributed by atoms with Crippen molar-refractivity contribution in [3.8, 4) is 0 Å². The Morgan fingerprint density at radius 1 is 1.35 bits per heavy atom. The average molecular weight is 274 g/mol. The fourth-order valence-corrected chi connectivity index (χ4v) is 2.10. The molecule has 5 nitrogen and oxygen atoms in total. The summed E-state index contributed by atoms with van der Waals surface area (Å²) in [7, 11) is 0. The second kappa shape index (κ2) is 5.77. The van der Waals surface area contributed by atoms with Crippen LogP contribution in [0.15, 0.2) is 30.5 Å². The summed E-state index contributed by atoms with van der Waals surface area (Å²) in [6, 6.07) is 6.24. The van der Waals surface area contributed by atoms with Crippen molar-refractivity contribution in [3.05, 3.63) is 36.0 Å². The molecule has 1 heterocycles. The molecule has 2 unspecified atom stereocenters. The lowest BCUT2D eigenvalue weighted by atomic mass is 9.99. The number of amides is 1. The van der Waals surface area contributed by atoms with E-state index in [0.717, 1.165) is 10.9 Å². The molecule has 3 N–H and O–H groups in total. The third-order valence-corrected chi connectivity index (χ3v) is 3.58. The zero-order chi connectivity index (χ0) is 14.7. The van der Waals surface area contributed by atoms with Gasteiger partial charge in [0, 0.05) is 22.7 Å². The SMILES string of the molecule is CCC(C)C(NC(=O)c1ccc2[nH]ccc2c1)C(=O)O. The van der Waals surface area contributed by atoms with Crippen molar-refractivity contribution in [2.75, 3.05) is 0 Å². The molecule has 2 aromatic rings. The maximum Gasteiger partial charge on any atom is 0.326 e. The topological polar surface area (TPSA) is 82.2 Å². The first kappa shape index (κ1) is 14.1. The third kappa shape index (κ3) is 2.82. The fourth-order valence-electron chi connectivity index (χ4n) is 2.10. The predicted octanol–water partition coefficient (Wildman–Crippen LogP) is 2.40. The number of carboxylic acids is 1. The summed E-state index contributed by atoms with van der Waals surface area (Å²) in [4.78, 5) is 26.4. The van der Waals surface area contributed by atoms with E-state index in [1.165, 1.54) is 0 Å². The van der Waals surface area contributed by atoms with E-state index in [4.69, 9.17) is 0 Å². The second-order valence-corrected chi connectivity index (χ2v) is 4.95. The number of hydrogen-bond acceptors (Lipinski definition) is 2. The van der Waals surface area contributed by atoms with Crippen LogP contribution in [0, 0.1) is 5.92 Å². The maximum atomic E-state index is 12.2. The molecule has 20 heavy (non-hydrogen) atoms. The van der Waals surface area contributed by atoms with Gasteiger partial charge in [-0.15, -0.1) is 0 Å². The molecule has 1 aromatic heterocycles. The predicted molar refractivity (Wildman–Crippen MR) is 76.6 cm³/mol. The third-order valence-electron chi connectivity index (χ3n) is 3.58. The molecule has 0 saturated carbocycles. The Morgan fingerprint density at radius 2 is 2.10 bits per heavy atom. The Hall–Kier alpha value is -2.30. The number of fused-ring (bicyclic) bond motifs is 1. The average Bonchev–Trinajstić information content (AvgIpc) is 2.90. The number of H-pyrrole nitrogens is 1. The molecule has 0 aliphatic heterocycles. The van der Waals surface area contributed by atoms with E-state index in [1.807, 2.05) is 26.0 Å². The zero-order valence-corrected chi connectivity index (χ0v) is 11.5. The Bertz CT molecular complexity index is 633. The highest BCUT2D eigenvalue weighted by molar-refractivity contribution is 5.99. The Balaban J connectivity index is 2.19. The monoisotopic (exact) mass is 274 g/mol. The van der Waals surface area contributed by atoms with E-state index in [-0.39, 0.29) is 11.8 Å². The molecule has 0 radical (unpaired) electrons. The summed E-state index contributed by atoms with van der Waals surface area (Å²) in [6.45, 7) is 3.72. The molecular weight excluding hydrogens is 256 g/mol. The van der Waals surface area contributed by atoms with Gasteiger partial charge in [-0.3, -0.25) is 4.79 Å². The molecule has 0 aliphatic rings. The quantitative estimate of drug-likeness (QED) is 0.783. The van der Waals surface area contributed by atoms with E-state index in [1.54, 1.807) is 18.3 Å². The van der Waals surface area contributed by atoms with Crippen LogP contribution in [-0.4, -0.2) is 28.0 Å². The molecular formula is C15H18N2O3. The first-order valence-electron chi connectivity index (χ1n) is 6.63. The van der Waals surface area contributed by atoms with Crippen LogP contribution in [0.25, 0.3) is 10.9 Å². The molecule has 106 valence electrons. The first-order chi connectivity index (χ1) is 9.52. The van der Waals surface area contributed by atoms with Crippen molar-refractivity contribution in [2.45, 2.75) is 26.3 Å². The molecule has 0 aliphatic carbocycles. The molecule has 2 atom stereocenters. The van der Waals surface area contributed by atoms with Crippen molar-refractivity contribution in [3.63, 3.8) is 0 Å². The highest BCUT2D eigenvalue weighted by Crippen LogP contribution is 2.15. The van der Waals surface area contributed by atoms with Gasteiger partial charge >= 0.3 is 5.97 Å². The number of aromatic amines is 1. The van der Waals surface area contributed by atoms with Gasteiger partial charge in [0.2, 0.25) is 0 Å². The van der Waals surface area contributed by atoms with Gasteiger partial charge in [0.25, 0.3) is 5.91 Å². The van der Waals surface area contributed by atoms with Crippen molar-refractivity contribution in [2.24, 2.45) is 5.92 Å². The maximum absolute atomic E-state index is 12.2. The number of carbonyl (C=O) groups excluding carboxylic acids is 1. The van der Waals surface area contributed by atoms with Gasteiger partial charge in [-0.1, -0.05) is 20.3 Å². The van der Waals surface area contributed by atoms with Crippen molar-refractivity contribution < 1.29 is 14.7 Å². The molecule has 1 amide bonds. The molecule has 0 fully saturated rings. The molecule has 1 aromatic carbocycles.